The smallest absolute Gasteiger partial charge is 0.322 e. The molecule has 0 fully saturated rings. The molecular formula is C22H22N2O2. The third kappa shape index (κ3) is 4.86. The molecule has 2 amide bonds. The minimum absolute atomic E-state index is 0.118. The molecule has 4 heteroatoms. The lowest BCUT2D eigenvalue weighted by Crippen LogP contribution is -2.34. The van der Waals surface area contributed by atoms with Crippen molar-refractivity contribution in [1.29, 1.82) is 0 Å². The second kappa shape index (κ2) is 8.72. The van der Waals surface area contributed by atoms with E-state index in [1.165, 1.54) is 0 Å². The maximum atomic E-state index is 12.5. The summed E-state index contributed by atoms with van der Waals surface area (Å²) in [5, 5.41) is 2.94. The number of rotatable bonds is 6. The number of ether oxygens (including phenoxy) is 1. The second-order valence-corrected chi connectivity index (χ2v) is 5.87. The number of hydrogen-bond acceptors (Lipinski definition) is 2. The normalized spacial score (nSPS) is 10.2. The van der Waals surface area contributed by atoms with Gasteiger partial charge < -0.3 is 15.0 Å². The lowest BCUT2D eigenvalue weighted by atomic mass is 10.2. The van der Waals surface area contributed by atoms with Crippen molar-refractivity contribution in [2.24, 2.45) is 0 Å². The Morgan fingerprint density at radius 2 is 1.42 bits per heavy atom. The monoisotopic (exact) mass is 346 g/mol. The first-order valence-electron chi connectivity index (χ1n) is 8.67. The minimum Gasteiger partial charge on any atom is -0.457 e. The molecule has 0 aromatic heterocycles. The molecule has 0 bridgehead atoms. The molecule has 0 heterocycles. The average Bonchev–Trinajstić information content (AvgIpc) is 2.69. The van der Waals surface area contributed by atoms with Crippen molar-refractivity contribution in [2.75, 3.05) is 11.9 Å². The third-order valence-electron chi connectivity index (χ3n) is 3.97. The Morgan fingerprint density at radius 3 is 2.04 bits per heavy atom. The van der Waals surface area contributed by atoms with E-state index in [1.54, 1.807) is 4.90 Å². The lowest BCUT2D eigenvalue weighted by Gasteiger charge is -2.21. The molecule has 3 aromatic rings. The fraction of sp³-hybridized carbons (Fsp3) is 0.136. The molecule has 0 spiro atoms. The number of hydrogen-bond donors (Lipinski definition) is 1. The van der Waals surface area contributed by atoms with Crippen LogP contribution in [-0.4, -0.2) is 17.5 Å². The molecule has 26 heavy (non-hydrogen) atoms. The van der Waals surface area contributed by atoms with E-state index in [9.17, 15) is 4.79 Å². The second-order valence-electron chi connectivity index (χ2n) is 5.87. The Balaban J connectivity index is 1.59. The Bertz CT molecular complexity index is 818. The van der Waals surface area contributed by atoms with E-state index in [-0.39, 0.29) is 6.03 Å². The fourth-order valence-corrected chi connectivity index (χ4v) is 2.56. The van der Waals surface area contributed by atoms with Crippen molar-refractivity contribution in [2.45, 2.75) is 13.5 Å². The summed E-state index contributed by atoms with van der Waals surface area (Å²) in [5.41, 5.74) is 1.85. The van der Waals surface area contributed by atoms with Crippen LogP contribution in [0, 0.1) is 0 Å². The van der Waals surface area contributed by atoms with E-state index < -0.39 is 0 Å². The van der Waals surface area contributed by atoms with Crippen LogP contribution in [0.4, 0.5) is 10.5 Å². The number of para-hydroxylation sites is 1. The summed E-state index contributed by atoms with van der Waals surface area (Å²) in [6, 6.07) is 26.8. The summed E-state index contributed by atoms with van der Waals surface area (Å²) in [4.78, 5) is 14.3. The Labute approximate surface area is 154 Å². The zero-order chi connectivity index (χ0) is 18.2. The first kappa shape index (κ1) is 17.5. The summed E-state index contributed by atoms with van der Waals surface area (Å²) < 4.78 is 5.76. The van der Waals surface area contributed by atoms with Gasteiger partial charge >= 0.3 is 6.03 Å². The average molecular weight is 346 g/mol. The molecule has 0 unspecified atom stereocenters. The molecule has 3 rings (SSSR count). The molecule has 0 radical (unpaired) electrons. The zero-order valence-corrected chi connectivity index (χ0v) is 14.8. The van der Waals surface area contributed by atoms with Gasteiger partial charge in [0.25, 0.3) is 0 Å². The lowest BCUT2D eigenvalue weighted by molar-refractivity contribution is 0.212. The van der Waals surface area contributed by atoms with E-state index in [0.29, 0.717) is 13.1 Å². The van der Waals surface area contributed by atoms with Crippen molar-refractivity contribution in [3.63, 3.8) is 0 Å². The van der Waals surface area contributed by atoms with Crippen molar-refractivity contribution in [1.82, 2.24) is 4.90 Å². The summed E-state index contributed by atoms with van der Waals surface area (Å²) in [6.07, 6.45) is 0. The first-order valence-corrected chi connectivity index (χ1v) is 8.67. The topological polar surface area (TPSA) is 41.6 Å². The first-order chi connectivity index (χ1) is 12.7. The largest absolute Gasteiger partial charge is 0.457 e. The highest BCUT2D eigenvalue weighted by molar-refractivity contribution is 5.89. The molecule has 1 N–H and O–H groups in total. The molecule has 0 saturated carbocycles. The van der Waals surface area contributed by atoms with E-state index in [2.05, 4.69) is 5.32 Å². The van der Waals surface area contributed by atoms with Crippen LogP contribution in [0.15, 0.2) is 84.9 Å². The van der Waals surface area contributed by atoms with Crippen LogP contribution in [0.25, 0.3) is 0 Å². The summed E-state index contributed by atoms with van der Waals surface area (Å²) in [7, 11) is 0. The van der Waals surface area contributed by atoms with E-state index in [4.69, 9.17) is 4.74 Å². The molecule has 0 saturated heterocycles. The zero-order valence-electron chi connectivity index (χ0n) is 14.8. The number of benzene rings is 3. The van der Waals surface area contributed by atoms with Gasteiger partial charge in [0.1, 0.15) is 11.5 Å². The Morgan fingerprint density at radius 1 is 0.846 bits per heavy atom. The maximum Gasteiger partial charge on any atom is 0.322 e. The highest BCUT2D eigenvalue weighted by Crippen LogP contribution is 2.22. The van der Waals surface area contributed by atoms with Gasteiger partial charge in [0.05, 0.1) is 0 Å². The highest BCUT2D eigenvalue weighted by Gasteiger charge is 2.12. The SMILES string of the molecule is CCN(Cc1ccccc1)C(=O)Nc1ccc(Oc2ccccc2)cc1. The van der Waals surface area contributed by atoms with Gasteiger partial charge in [-0.1, -0.05) is 48.5 Å². The van der Waals surface area contributed by atoms with Gasteiger partial charge in [0, 0.05) is 18.8 Å². The minimum atomic E-state index is -0.118. The van der Waals surface area contributed by atoms with Gasteiger partial charge in [-0.25, -0.2) is 4.79 Å². The van der Waals surface area contributed by atoms with Crippen molar-refractivity contribution in [3.8, 4) is 11.5 Å². The van der Waals surface area contributed by atoms with Gasteiger partial charge in [-0.3, -0.25) is 0 Å². The number of amides is 2. The number of carbonyl (C=O) groups excluding carboxylic acids is 1. The summed E-state index contributed by atoms with van der Waals surface area (Å²) >= 11 is 0. The Hall–Kier alpha value is -3.27. The van der Waals surface area contributed by atoms with Crippen LogP contribution in [0.2, 0.25) is 0 Å². The number of nitrogens with one attached hydrogen (secondary N) is 1. The highest BCUT2D eigenvalue weighted by atomic mass is 16.5. The summed E-state index contributed by atoms with van der Waals surface area (Å²) in [6.45, 7) is 3.19. The van der Waals surface area contributed by atoms with Crippen LogP contribution in [0.1, 0.15) is 12.5 Å². The molecule has 0 atom stereocenters. The molecule has 4 nitrogen and oxygen atoms in total. The maximum absolute atomic E-state index is 12.5. The molecule has 0 aliphatic rings. The van der Waals surface area contributed by atoms with Gasteiger partial charge in [-0.2, -0.15) is 0 Å². The van der Waals surface area contributed by atoms with Crippen LogP contribution in [-0.2, 0) is 6.54 Å². The number of anilines is 1. The standard InChI is InChI=1S/C22H22N2O2/c1-2-24(17-18-9-5-3-6-10-18)22(25)23-19-13-15-21(16-14-19)26-20-11-7-4-8-12-20/h3-16H,2,17H2,1H3,(H,23,25). The quantitative estimate of drug-likeness (QED) is 0.637. The van der Waals surface area contributed by atoms with Crippen LogP contribution in [0.5, 0.6) is 11.5 Å². The van der Waals surface area contributed by atoms with E-state index in [0.717, 1.165) is 22.7 Å². The van der Waals surface area contributed by atoms with Gasteiger partial charge in [-0.05, 0) is 48.9 Å². The molecule has 132 valence electrons. The molecule has 3 aromatic carbocycles. The number of nitrogens with zero attached hydrogens (tertiary/aromatic N) is 1. The van der Waals surface area contributed by atoms with Gasteiger partial charge in [0.2, 0.25) is 0 Å². The summed E-state index contributed by atoms with van der Waals surface area (Å²) in [5.74, 6) is 1.51. The molecule has 0 aliphatic carbocycles. The van der Waals surface area contributed by atoms with Crippen molar-refractivity contribution >= 4 is 11.7 Å². The van der Waals surface area contributed by atoms with E-state index >= 15 is 0 Å². The Kier molecular flexibility index (Phi) is 5.88. The van der Waals surface area contributed by atoms with E-state index in [1.807, 2.05) is 91.9 Å². The predicted octanol–water partition coefficient (Wildman–Crippen LogP) is 5.53. The number of carbonyl (C=O) groups is 1. The van der Waals surface area contributed by atoms with Gasteiger partial charge in [0.15, 0.2) is 0 Å². The van der Waals surface area contributed by atoms with Gasteiger partial charge in [-0.15, -0.1) is 0 Å². The van der Waals surface area contributed by atoms with Crippen molar-refractivity contribution < 1.29 is 9.53 Å². The van der Waals surface area contributed by atoms with Crippen molar-refractivity contribution in [3.05, 3.63) is 90.5 Å². The predicted molar refractivity (Wildman–Crippen MR) is 105 cm³/mol. The fourth-order valence-electron chi connectivity index (χ4n) is 2.56. The van der Waals surface area contributed by atoms with Crippen LogP contribution in [0.3, 0.4) is 0 Å². The van der Waals surface area contributed by atoms with Crippen LogP contribution >= 0.6 is 0 Å². The molecule has 0 aliphatic heterocycles. The third-order valence-corrected chi connectivity index (χ3v) is 3.97. The molecular weight excluding hydrogens is 324 g/mol. The number of urea groups is 1. The van der Waals surface area contributed by atoms with Crippen LogP contribution < -0.4 is 10.1 Å².